The second-order valence-corrected chi connectivity index (χ2v) is 7.30. The highest BCUT2D eigenvalue weighted by atomic mass is 16.6. The average Bonchev–Trinajstić information content (AvgIpc) is 2.97. The number of aryl methyl sites for hydroxylation is 1. The number of nitrogens with one attached hydrogen (secondary N) is 2. The fourth-order valence-corrected chi connectivity index (χ4v) is 3.05. The lowest BCUT2D eigenvalue weighted by Gasteiger charge is -2.33. The predicted molar refractivity (Wildman–Crippen MR) is 105 cm³/mol. The standard InChI is InChI=1S/C17H25N5O2.C2H6/c1-11-9-18-14-13(11)15(20-10-19-14)22-7-5-12(6-8-22)21-16(23)24-17(2,3)4;1-2/h9-10,12H,5-8H2,1-4H3,(H,21,23)(H,18,19,20);1-2H3. The summed E-state index contributed by atoms with van der Waals surface area (Å²) in [5.74, 6) is 0.967. The molecule has 0 unspecified atom stereocenters. The Morgan fingerprint density at radius 2 is 1.92 bits per heavy atom. The van der Waals surface area contributed by atoms with Gasteiger partial charge in [-0.2, -0.15) is 0 Å². The number of carbonyl (C=O) groups is 1. The molecular formula is C19H31N5O2. The number of hydrogen-bond donors (Lipinski definition) is 2. The number of piperidine rings is 1. The number of carbonyl (C=O) groups excluding carboxylic acids is 1. The minimum Gasteiger partial charge on any atom is -0.444 e. The number of rotatable bonds is 2. The second kappa shape index (κ2) is 8.38. The Morgan fingerprint density at radius 1 is 1.27 bits per heavy atom. The Kier molecular flexibility index (Phi) is 6.45. The number of hydrogen-bond acceptors (Lipinski definition) is 5. The van der Waals surface area contributed by atoms with E-state index >= 15 is 0 Å². The topological polar surface area (TPSA) is 83.1 Å². The Labute approximate surface area is 155 Å². The van der Waals surface area contributed by atoms with Crippen LogP contribution in [0.4, 0.5) is 10.6 Å². The van der Waals surface area contributed by atoms with Gasteiger partial charge in [-0.05, 0) is 46.1 Å². The van der Waals surface area contributed by atoms with Crippen LogP contribution in [-0.2, 0) is 4.74 Å². The van der Waals surface area contributed by atoms with E-state index in [0.29, 0.717) is 0 Å². The lowest BCUT2D eigenvalue weighted by Crippen LogP contribution is -2.46. The van der Waals surface area contributed by atoms with E-state index in [4.69, 9.17) is 4.74 Å². The number of ether oxygens (including phenoxy) is 1. The summed E-state index contributed by atoms with van der Waals surface area (Å²) in [6.07, 6.45) is 4.95. The normalized spacial score (nSPS) is 15.4. The van der Waals surface area contributed by atoms with Gasteiger partial charge in [0.1, 0.15) is 23.4 Å². The summed E-state index contributed by atoms with van der Waals surface area (Å²) < 4.78 is 5.33. The molecule has 1 fully saturated rings. The molecule has 2 aromatic heterocycles. The summed E-state index contributed by atoms with van der Waals surface area (Å²) in [4.78, 5) is 26.1. The zero-order valence-corrected chi connectivity index (χ0v) is 16.7. The van der Waals surface area contributed by atoms with Gasteiger partial charge in [-0.15, -0.1) is 0 Å². The van der Waals surface area contributed by atoms with Crippen molar-refractivity contribution in [2.24, 2.45) is 0 Å². The van der Waals surface area contributed by atoms with Gasteiger partial charge in [0.05, 0.1) is 5.39 Å². The number of alkyl carbamates (subject to hydrolysis) is 1. The van der Waals surface area contributed by atoms with Crippen molar-refractivity contribution >= 4 is 22.9 Å². The first kappa shape index (κ1) is 20.0. The molecule has 26 heavy (non-hydrogen) atoms. The predicted octanol–water partition coefficient (Wildman–Crippen LogP) is 3.79. The van der Waals surface area contributed by atoms with Gasteiger partial charge in [-0.25, -0.2) is 14.8 Å². The van der Waals surface area contributed by atoms with Crippen molar-refractivity contribution in [3.8, 4) is 0 Å². The number of aromatic nitrogens is 3. The van der Waals surface area contributed by atoms with Gasteiger partial charge < -0.3 is 19.9 Å². The third kappa shape index (κ3) is 4.86. The lowest BCUT2D eigenvalue weighted by molar-refractivity contribution is 0.0497. The maximum atomic E-state index is 11.9. The maximum absolute atomic E-state index is 11.9. The molecule has 0 bridgehead atoms. The molecule has 3 rings (SSSR count). The molecule has 0 aliphatic carbocycles. The Morgan fingerprint density at radius 3 is 2.54 bits per heavy atom. The van der Waals surface area contributed by atoms with Crippen LogP contribution >= 0.6 is 0 Å². The molecule has 0 aromatic carbocycles. The zero-order valence-electron chi connectivity index (χ0n) is 16.7. The molecule has 0 atom stereocenters. The molecular weight excluding hydrogens is 330 g/mol. The van der Waals surface area contributed by atoms with E-state index in [1.54, 1.807) is 6.33 Å². The second-order valence-electron chi connectivity index (χ2n) is 7.30. The van der Waals surface area contributed by atoms with Gasteiger partial charge in [0.2, 0.25) is 0 Å². The van der Waals surface area contributed by atoms with Crippen LogP contribution in [-0.4, -0.2) is 45.8 Å². The molecule has 1 amide bonds. The molecule has 1 aliphatic heterocycles. The Hall–Kier alpha value is -2.31. The number of amides is 1. The summed E-state index contributed by atoms with van der Waals surface area (Å²) in [6.45, 7) is 13.4. The summed E-state index contributed by atoms with van der Waals surface area (Å²) >= 11 is 0. The van der Waals surface area contributed by atoms with Crippen molar-refractivity contribution in [3.05, 3.63) is 18.1 Å². The molecule has 1 saturated heterocycles. The lowest BCUT2D eigenvalue weighted by atomic mass is 10.0. The minimum absolute atomic E-state index is 0.140. The van der Waals surface area contributed by atoms with Gasteiger partial charge in [0.25, 0.3) is 0 Å². The van der Waals surface area contributed by atoms with Gasteiger partial charge in [-0.3, -0.25) is 0 Å². The quantitative estimate of drug-likeness (QED) is 0.850. The summed E-state index contributed by atoms with van der Waals surface area (Å²) in [7, 11) is 0. The van der Waals surface area contributed by atoms with E-state index in [9.17, 15) is 4.79 Å². The highest BCUT2D eigenvalue weighted by molar-refractivity contribution is 5.90. The van der Waals surface area contributed by atoms with Crippen LogP contribution in [0.3, 0.4) is 0 Å². The van der Waals surface area contributed by atoms with Crippen LogP contribution < -0.4 is 10.2 Å². The van der Waals surface area contributed by atoms with Crippen molar-refractivity contribution in [2.45, 2.75) is 66.0 Å². The van der Waals surface area contributed by atoms with Crippen molar-refractivity contribution in [1.82, 2.24) is 20.3 Å². The number of H-pyrrole nitrogens is 1. The van der Waals surface area contributed by atoms with E-state index in [0.717, 1.165) is 48.3 Å². The molecule has 2 N–H and O–H groups in total. The maximum Gasteiger partial charge on any atom is 0.407 e. The molecule has 144 valence electrons. The number of aromatic amines is 1. The van der Waals surface area contributed by atoms with Crippen LogP contribution in [0.1, 0.15) is 53.0 Å². The third-order valence-electron chi connectivity index (χ3n) is 4.16. The van der Waals surface area contributed by atoms with Gasteiger partial charge in [-0.1, -0.05) is 13.8 Å². The van der Waals surface area contributed by atoms with Crippen molar-refractivity contribution in [3.63, 3.8) is 0 Å². The zero-order chi connectivity index (χ0) is 19.3. The average molecular weight is 361 g/mol. The Bertz CT molecular complexity index is 727. The summed E-state index contributed by atoms with van der Waals surface area (Å²) in [5, 5.41) is 4.04. The molecule has 1 aliphatic rings. The first-order valence-corrected chi connectivity index (χ1v) is 9.36. The fraction of sp³-hybridized carbons (Fsp3) is 0.632. The molecule has 0 spiro atoms. The highest BCUT2D eigenvalue weighted by Gasteiger charge is 2.25. The van der Waals surface area contributed by atoms with Crippen LogP contribution in [0.5, 0.6) is 0 Å². The molecule has 7 heteroatoms. The van der Waals surface area contributed by atoms with Crippen molar-refractivity contribution < 1.29 is 9.53 Å². The largest absolute Gasteiger partial charge is 0.444 e. The summed E-state index contributed by atoms with van der Waals surface area (Å²) in [5.41, 5.74) is 1.55. The van der Waals surface area contributed by atoms with E-state index < -0.39 is 5.60 Å². The SMILES string of the molecule is CC.Cc1c[nH]c2ncnc(N3CCC(NC(=O)OC(C)(C)C)CC3)c12. The fourth-order valence-electron chi connectivity index (χ4n) is 3.05. The molecule has 2 aromatic rings. The first-order chi connectivity index (χ1) is 12.3. The minimum atomic E-state index is -0.469. The molecule has 3 heterocycles. The van der Waals surface area contributed by atoms with Crippen LogP contribution in [0.2, 0.25) is 0 Å². The first-order valence-electron chi connectivity index (χ1n) is 9.36. The van der Waals surface area contributed by atoms with Crippen LogP contribution in [0.25, 0.3) is 11.0 Å². The van der Waals surface area contributed by atoms with E-state index in [1.807, 2.05) is 40.8 Å². The monoisotopic (exact) mass is 361 g/mol. The molecule has 7 nitrogen and oxygen atoms in total. The number of nitrogens with zero attached hydrogens (tertiary/aromatic N) is 3. The van der Waals surface area contributed by atoms with Gasteiger partial charge >= 0.3 is 6.09 Å². The van der Waals surface area contributed by atoms with E-state index in [-0.39, 0.29) is 12.1 Å². The van der Waals surface area contributed by atoms with E-state index in [1.165, 1.54) is 0 Å². The van der Waals surface area contributed by atoms with Crippen molar-refractivity contribution in [1.29, 1.82) is 0 Å². The van der Waals surface area contributed by atoms with Crippen molar-refractivity contribution in [2.75, 3.05) is 18.0 Å². The van der Waals surface area contributed by atoms with Crippen LogP contribution in [0, 0.1) is 6.92 Å². The van der Waals surface area contributed by atoms with Gasteiger partial charge in [0, 0.05) is 25.3 Å². The third-order valence-corrected chi connectivity index (χ3v) is 4.16. The van der Waals surface area contributed by atoms with Gasteiger partial charge in [0.15, 0.2) is 0 Å². The van der Waals surface area contributed by atoms with Crippen LogP contribution in [0.15, 0.2) is 12.5 Å². The van der Waals surface area contributed by atoms with E-state index in [2.05, 4.69) is 32.1 Å². The summed E-state index contributed by atoms with van der Waals surface area (Å²) in [6, 6.07) is 0.140. The Balaban J connectivity index is 0.00000117. The number of anilines is 1. The highest BCUT2D eigenvalue weighted by Crippen LogP contribution is 2.27. The molecule has 0 saturated carbocycles. The molecule has 0 radical (unpaired) electrons. The number of fused-ring (bicyclic) bond motifs is 1. The smallest absolute Gasteiger partial charge is 0.407 e.